The van der Waals surface area contributed by atoms with Crippen molar-refractivity contribution in [2.75, 3.05) is 19.6 Å². The van der Waals surface area contributed by atoms with E-state index in [1.165, 1.54) is 16.6 Å². The van der Waals surface area contributed by atoms with E-state index < -0.39 is 0 Å². The number of hydrogen-bond donors (Lipinski definition) is 3. The number of aromatic nitrogens is 1. The van der Waals surface area contributed by atoms with Gasteiger partial charge in [-0.2, -0.15) is 12.6 Å². The molecule has 142 valence electrons. The average Bonchev–Trinajstić information content (AvgIpc) is 2.99. The highest BCUT2D eigenvalue weighted by Crippen LogP contribution is 2.27. The fourth-order valence-corrected chi connectivity index (χ4v) is 3.67. The van der Waals surface area contributed by atoms with Crippen LogP contribution in [0.25, 0.3) is 10.9 Å². The van der Waals surface area contributed by atoms with Gasteiger partial charge in [0, 0.05) is 54.8 Å². The molecule has 4 rings (SSSR count). The maximum Gasteiger partial charge on any atom is 0.253 e. The van der Waals surface area contributed by atoms with Crippen LogP contribution in [0.2, 0.25) is 0 Å². The summed E-state index contributed by atoms with van der Waals surface area (Å²) in [6, 6.07) is 6.11. The van der Waals surface area contributed by atoms with E-state index in [0.29, 0.717) is 5.25 Å². The number of nitrogens with zero attached hydrogens (tertiary/aromatic N) is 1. The number of fused-ring (bicyclic) bond motifs is 3. The van der Waals surface area contributed by atoms with E-state index >= 15 is 0 Å². The number of likely N-dealkylation sites (tertiary alicyclic amines) is 1. The van der Waals surface area contributed by atoms with Crippen LogP contribution in [0.3, 0.4) is 0 Å². The van der Waals surface area contributed by atoms with Gasteiger partial charge >= 0.3 is 0 Å². The third-order valence-electron chi connectivity index (χ3n) is 5.17. The molecular formula is C21H31N3OS. The van der Waals surface area contributed by atoms with E-state index in [0.717, 1.165) is 62.4 Å². The van der Waals surface area contributed by atoms with E-state index in [2.05, 4.69) is 42.0 Å². The minimum absolute atomic E-state index is 0.188. The van der Waals surface area contributed by atoms with Crippen molar-refractivity contribution in [2.24, 2.45) is 5.92 Å². The molecule has 1 aromatic heterocycles. The van der Waals surface area contributed by atoms with Crippen molar-refractivity contribution in [1.29, 1.82) is 0 Å². The van der Waals surface area contributed by atoms with Gasteiger partial charge in [-0.25, -0.2) is 0 Å². The van der Waals surface area contributed by atoms with Gasteiger partial charge in [-0.1, -0.05) is 20.8 Å². The molecule has 3 heterocycles. The molecule has 26 heavy (non-hydrogen) atoms. The average molecular weight is 374 g/mol. The molecule has 0 radical (unpaired) electrons. The smallest absolute Gasteiger partial charge is 0.253 e. The highest BCUT2D eigenvalue weighted by Gasteiger charge is 2.22. The minimum atomic E-state index is 0.188. The third kappa shape index (κ3) is 4.44. The Hall–Kier alpha value is -1.46. The Kier molecular flexibility index (Phi) is 6.30. The molecule has 2 aliphatic heterocycles. The quantitative estimate of drug-likeness (QED) is 0.662. The zero-order valence-electron chi connectivity index (χ0n) is 16.1. The van der Waals surface area contributed by atoms with Crippen LogP contribution in [-0.2, 0) is 13.0 Å². The van der Waals surface area contributed by atoms with Crippen LogP contribution in [0.15, 0.2) is 18.2 Å². The van der Waals surface area contributed by atoms with Crippen LogP contribution < -0.4 is 5.32 Å². The normalized spacial score (nSPS) is 17.8. The Labute approximate surface area is 162 Å². The molecule has 0 saturated carbocycles. The number of benzene rings is 1. The Morgan fingerprint density at radius 2 is 1.96 bits per heavy atom. The van der Waals surface area contributed by atoms with Crippen molar-refractivity contribution >= 4 is 29.4 Å². The Bertz CT molecular complexity index is 757. The van der Waals surface area contributed by atoms with Gasteiger partial charge in [0.25, 0.3) is 5.91 Å². The number of amides is 1. The number of carbonyl (C=O) groups excluding carboxylic acids is 1. The zero-order valence-corrected chi connectivity index (χ0v) is 17.0. The monoisotopic (exact) mass is 373 g/mol. The summed E-state index contributed by atoms with van der Waals surface area (Å²) < 4.78 is 0. The molecular weight excluding hydrogens is 342 g/mol. The number of hydrogen-bond acceptors (Lipinski definition) is 3. The van der Waals surface area contributed by atoms with Crippen molar-refractivity contribution < 1.29 is 4.79 Å². The van der Waals surface area contributed by atoms with Crippen molar-refractivity contribution in [3.8, 4) is 0 Å². The highest BCUT2D eigenvalue weighted by atomic mass is 32.1. The fraction of sp³-hybridized carbons (Fsp3) is 0.571. The lowest BCUT2D eigenvalue weighted by molar-refractivity contribution is 0.0697. The van der Waals surface area contributed by atoms with Gasteiger partial charge in [-0.3, -0.25) is 4.79 Å². The second kappa shape index (κ2) is 8.49. The predicted octanol–water partition coefficient (Wildman–Crippen LogP) is 4.01. The molecule has 2 aromatic rings. The van der Waals surface area contributed by atoms with Gasteiger partial charge in [-0.15, -0.1) is 0 Å². The van der Waals surface area contributed by atoms with Gasteiger partial charge in [0.2, 0.25) is 0 Å². The molecule has 2 N–H and O–H groups in total. The standard InChI is InChI=1S/C18H23N3O.C3H8S/c1-12-5-8-21(9-6-12)18(22)13-2-3-16-14(10-13)15-11-19-7-4-17(15)20-16;1-3(2)4/h2-3,10,12,19-20H,4-9,11H2,1H3;3-4H,1-2H3. The maximum absolute atomic E-state index is 12.7. The molecule has 0 aliphatic carbocycles. The van der Waals surface area contributed by atoms with Crippen LogP contribution in [-0.4, -0.2) is 40.7 Å². The largest absolute Gasteiger partial charge is 0.358 e. The lowest BCUT2D eigenvalue weighted by atomic mass is 9.98. The molecule has 4 nitrogen and oxygen atoms in total. The summed E-state index contributed by atoms with van der Waals surface area (Å²) in [4.78, 5) is 18.3. The number of nitrogens with one attached hydrogen (secondary N) is 2. The van der Waals surface area contributed by atoms with Crippen molar-refractivity contribution in [3.63, 3.8) is 0 Å². The SMILES string of the molecule is CC(C)S.CC1CCN(C(=O)c2ccc3[nH]c4c(c3c2)CNCC4)CC1. The summed E-state index contributed by atoms with van der Waals surface area (Å²) in [5.41, 5.74) is 4.64. The first-order chi connectivity index (χ1) is 12.5. The molecule has 0 bridgehead atoms. The molecule has 0 spiro atoms. The first-order valence-corrected chi connectivity index (χ1v) is 10.3. The Morgan fingerprint density at radius 3 is 2.65 bits per heavy atom. The van der Waals surface area contributed by atoms with E-state index in [4.69, 9.17) is 0 Å². The molecule has 1 amide bonds. The molecule has 1 aromatic carbocycles. The summed E-state index contributed by atoms with van der Waals surface area (Å²) in [7, 11) is 0. The predicted molar refractivity (Wildman–Crippen MR) is 112 cm³/mol. The van der Waals surface area contributed by atoms with Gasteiger partial charge in [0.05, 0.1) is 0 Å². The molecule has 2 aliphatic rings. The number of carbonyl (C=O) groups is 1. The minimum Gasteiger partial charge on any atom is -0.358 e. The summed E-state index contributed by atoms with van der Waals surface area (Å²) in [5, 5.41) is 5.16. The molecule has 1 saturated heterocycles. The molecule has 5 heteroatoms. The van der Waals surface area contributed by atoms with Crippen molar-refractivity contribution in [1.82, 2.24) is 15.2 Å². The van der Waals surface area contributed by atoms with Gasteiger partial charge in [0.1, 0.15) is 0 Å². The van der Waals surface area contributed by atoms with E-state index in [1.54, 1.807) is 0 Å². The highest BCUT2D eigenvalue weighted by molar-refractivity contribution is 7.80. The second-order valence-corrected chi connectivity index (χ2v) is 8.87. The third-order valence-corrected chi connectivity index (χ3v) is 5.17. The first kappa shape index (κ1) is 19.3. The summed E-state index contributed by atoms with van der Waals surface area (Å²) >= 11 is 3.97. The summed E-state index contributed by atoms with van der Waals surface area (Å²) in [6.07, 6.45) is 3.28. The van der Waals surface area contributed by atoms with Crippen LogP contribution in [0, 0.1) is 5.92 Å². The number of rotatable bonds is 1. The van der Waals surface area contributed by atoms with Crippen LogP contribution in [0.5, 0.6) is 0 Å². The van der Waals surface area contributed by atoms with E-state index in [9.17, 15) is 4.79 Å². The zero-order chi connectivity index (χ0) is 18.7. The van der Waals surface area contributed by atoms with Gasteiger partial charge in [0.15, 0.2) is 0 Å². The van der Waals surface area contributed by atoms with Crippen LogP contribution in [0.1, 0.15) is 55.2 Å². The van der Waals surface area contributed by atoms with E-state index in [1.807, 2.05) is 24.8 Å². The Balaban J connectivity index is 0.000000447. The lowest BCUT2D eigenvalue weighted by Crippen LogP contribution is -2.37. The number of thiol groups is 1. The van der Waals surface area contributed by atoms with Crippen LogP contribution >= 0.6 is 12.6 Å². The number of H-pyrrole nitrogens is 1. The summed E-state index contributed by atoms with van der Waals surface area (Å²) in [6.45, 7) is 10.0. The lowest BCUT2D eigenvalue weighted by Gasteiger charge is -2.30. The molecule has 1 fully saturated rings. The maximum atomic E-state index is 12.7. The van der Waals surface area contributed by atoms with Gasteiger partial charge in [-0.05, 0) is 47.8 Å². The Morgan fingerprint density at radius 1 is 1.27 bits per heavy atom. The fourth-order valence-electron chi connectivity index (χ4n) is 3.67. The molecule has 0 atom stereocenters. The number of piperidine rings is 1. The molecule has 0 unspecified atom stereocenters. The van der Waals surface area contributed by atoms with Crippen LogP contribution in [0.4, 0.5) is 0 Å². The number of aromatic amines is 1. The first-order valence-electron chi connectivity index (χ1n) is 9.77. The van der Waals surface area contributed by atoms with E-state index in [-0.39, 0.29) is 5.91 Å². The van der Waals surface area contributed by atoms with Crippen molar-refractivity contribution in [3.05, 3.63) is 35.0 Å². The second-order valence-electron chi connectivity index (χ2n) is 7.84. The summed E-state index contributed by atoms with van der Waals surface area (Å²) in [5.74, 6) is 0.932. The van der Waals surface area contributed by atoms with Gasteiger partial charge < -0.3 is 15.2 Å². The van der Waals surface area contributed by atoms with Crippen molar-refractivity contribution in [2.45, 2.75) is 51.8 Å². The topological polar surface area (TPSA) is 48.1 Å².